The first-order chi connectivity index (χ1) is 18.8. The van der Waals surface area contributed by atoms with Gasteiger partial charge in [-0.3, -0.25) is 21.4 Å². The van der Waals surface area contributed by atoms with Crippen LogP contribution in [0.15, 0.2) is 84.0 Å². The maximum absolute atomic E-state index is 12.3. The highest BCUT2D eigenvalue weighted by Gasteiger charge is 2.35. The number of hydrazone groups is 1. The zero-order valence-corrected chi connectivity index (χ0v) is 22.4. The van der Waals surface area contributed by atoms with Crippen LogP contribution in [0.25, 0.3) is 10.8 Å². The fourth-order valence-corrected chi connectivity index (χ4v) is 4.93. The molecule has 200 valence electrons. The summed E-state index contributed by atoms with van der Waals surface area (Å²) in [4.78, 5) is 12.3. The summed E-state index contributed by atoms with van der Waals surface area (Å²) in [5, 5.41) is 12.1. The van der Waals surface area contributed by atoms with Crippen LogP contribution in [-0.4, -0.2) is 31.6 Å². The molecule has 5 rings (SSSR count). The number of rotatable bonds is 8. The van der Waals surface area contributed by atoms with E-state index in [1.165, 1.54) is 0 Å². The molecule has 4 aromatic rings. The molecular formula is C28H26Cl2N6O3. The topological polar surface area (TPSA) is 127 Å². The van der Waals surface area contributed by atoms with Crippen LogP contribution in [0, 0.1) is 0 Å². The number of ether oxygens (including phenoxy) is 2. The summed E-state index contributed by atoms with van der Waals surface area (Å²) in [6, 6.07) is 23.8. The van der Waals surface area contributed by atoms with Crippen molar-refractivity contribution in [1.82, 2.24) is 10.7 Å². The molecule has 1 aliphatic heterocycles. The molecule has 0 saturated carbocycles. The van der Waals surface area contributed by atoms with Crippen molar-refractivity contribution in [2.24, 2.45) is 16.7 Å². The first kappa shape index (κ1) is 26.7. The van der Waals surface area contributed by atoms with Gasteiger partial charge in [0.25, 0.3) is 5.91 Å². The van der Waals surface area contributed by atoms with Crippen molar-refractivity contribution in [2.75, 3.05) is 12.1 Å². The summed E-state index contributed by atoms with van der Waals surface area (Å²) >= 11 is 12.6. The van der Waals surface area contributed by atoms with Gasteiger partial charge in [-0.2, -0.15) is 5.10 Å². The molecule has 0 spiro atoms. The zero-order chi connectivity index (χ0) is 27.5. The standard InChI is InChI=1S/C28H26Cl2N6O3/c1-38-24-9-6-17-10-19(3-2-18(17)11-24)26-25(15-33-36(26)22-13-20(29)12-21(30)14-22)39-23-7-4-16(5-8-23)27(37)34-28(31)35-32/h2-15,25-26,28,35H,31-32H2,1H3,(H,34,37). The van der Waals surface area contributed by atoms with E-state index < -0.39 is 12.4 Å². The number of nitrogens with one attached hydrogen (secondary N) is 2. The summed E-state index contributed by atoms with van der Waals surface area (Å²) < 4.78 is 11.7. The van der Waals surface area contributed by atoms with E-state index in [0.717, 1.165) is 27.8 Å². The van der Waals surface area contributed by atoms with Gasteiger partial charge in [-0.1, -0.05) is 41.4 Å². The van der Waals surface area contributed by atoms with Crippen molar-refractivity contribution in [3.05, 3.63) is 100 Å². The minimum Gasteiger partial charge on any atom is -0.497 e. The van der Waals surface area contributed by atoms with E-state index in [4.69, 9.17) is 44.3 Å². The second-order valence-electron chi connectivity index (χ2n) is 8.88. The number of nitrogens with two attached hydrogens (primary N) is 2. The Hall–Kier alpha value is -3.86. The number of hydrogen-bond donors (Lipinski definition) is 4. The van der Waals surface area contributed by atoms with Crippen LogP contribution in [0.1, 0.15) is 22.0 Å². The van der Waals surface area contributed by atoms with E-state index in [0.29, 0.717) is 21.4 Å². The maximum Gasteiger partial charge on any atom is 0.253 e. The van der Waals surface area contributed by atoms with E-state index >= 15 is 0 Å². The van der Waals surface area contributed by atoms with Gasteiger partial charge in [0.1, 0.15) is 23.8 Å². The van der Waals surface area contributed by atoms with Gasteiger partial charge in [0.2, 0.25) is 0 Å². The highest BCUT2D eigenvalue weighted by molar-refractivity contribution is 6.35. The number of anilines is 1. The molecule has 0 bridgehead atoms. The Balaban J connectivity index is 1.46. The lowest BCUT2D eigenvalue weighted by molar-refractivity contribution is 0.0930. The molecule has 1 amide bonds. The van der Waals surface area contributed by atoms with Crippen LogP contribution in [-0.2, 0) is 0 Å². The molecule has 3 unspecified atom stereocenters. The van der Waals surface area contributed by atoms with E-state index in [2.05, 4.69) is 21.9 Å². The number of nitrogens with zero attached hydrogens (tertiary/aromatic N) is 2. The van der Waals surface area contributed by atoms with Crippen molar-refractivity contribution in [2.45, 2.75) is 18.4 Å². The Morgan fingerprint density at radius 1 is 0.949 bits per heavy atom. The number of carbonyl (C=O) groups is 1. The normalized spacial score (nSPS) is 17.3. The number of halogens is 2. The summed E-state index contributed by atoms with van der Waals surface area (Å²) in [6.45, 7) is 0. The third kappa shape index (κ3) is 5.93. The first-order valence-electron chi connectivity index (χ1n) is 12.0. The van der Waals surface area contributed by atoms with E-state index in [9.17, 15) is 4.79 Å². The number of methoxy groups -OCH3 is 1. The van der Waals surface area contributed by atoms with Gasteiger partial charge >= 0.3 is 0 Å². The third-order valence-corrected chi connectivity index (χ3v) is 6.73. The highest BCUT2D eigenvalue weighted by atomic mass is 35.5. The molecule has 11 heteroatoms. The van der Waals surface area contributed by atoms with Crippen LogP contribution >= 0.6 is 23.2 Å². The summed E-state index contributed by atoms with van der Waals surface area (Å²) in [6.07, 6.45) is 0.412. The fraction of sp³-hybridized carbons (Fsp3) is 0.143. The highest BCUT2D eigenvalue weighted by Crippen LogP contribution is 2.39. The van der Waals surface area contributed by atoms with Crippen molar-refractivity contribution in [3.63, 3.8) is 0 Å². The first-order valence-corrected chi connectivity index (χ1v) is 12.8. The Labute approximate surface area is 235 Å². The number of fused-ring (bicyclic) bond motifs is 1. The Morgan fingerprint density at radius 3 is 2.31 bits per heavy atom. The molecule has 1 aliphatic rings. The average molecular weight is 565 g/mol. The van der Waals surface area contributed by atoms with Gasteiger partial charge in [0, 0.05) is 15.6 Å². The molecule has 9 nitrogen and oxygen atoms in total. The molecular weight excluding hydrogens is 539 g/mol. The van der Waals surface area contributed by atoms with Crippen LogP contribution in [0.3, 0.4) is 0 Å². The fourth-order valence-electron chi connectivity index (χ4n) is 4.42. The van der Waals surface area contributed by atoms with E-state index in [1.54, 1.807) is 55.8 Å². The molecule has 0 radical (unpaired) electrons. The number of amides is 1. The average Bonchev–Trinajstić information content (AvgIpc) is 3.35. The number of hydrogen-bond acceptors (Lipinski definition) is 8. The van der Waals surface area contributed by atoms with Gasteiger partial charge in [-0.05, 0) is 77.0 Å². The Kier molecular flexibility index (Phi) is 7.87. The van der Waals surface area contributed by atoms with E-state index in [-0.39, 0.29) is 11.9 Å². The van der Waals surface area contributed by atoms with E-state index in [1.807, 2.05) is 35.3 Å². The number of hydrazine groups is 1. The quantitative estimate of drug-likeness (QED) is 0.140. The molecule has 0 fully saturated rings. The van der Waals surface area contributed by atoms with Crippen LogP contribution < -0.4 is 36.8 Å². The lowest BCUT2D eigenvalue weighted by Gasteiger charge is -2.29. The van der Waals surface area contributed by atoms with Crippen molar-refractivity contribution >= 4 is 51.8 Å². The lowest BCUT2D eigenvalue weighted by Crippen LogP contribution is -2.54. The van der Waals surface area contributed by atoms with Crippen molar-refractivity contribution in [1.29, 1.82) is 0 Å². The molecule has 0 aromatic heterocycles. The second-order valence-corrected chi connectivity index (χ2v) is 9.75. The van der Waals surface area contributed by atoms with Crippen molar-refractivity contribution < 1.29 is 14.3 Å². The van der Waals surface area contributed by atoms with Crippen LogP contribution in [0.5, 0.6) is 11.5 Å². The van der Waals surface area contributed by atoms with Crippen LogP contribution in [0.2, 0.25) is 10.0 Å². The monoisotopic (exact) mass is 564 g/mol. The largest absolute Gasteiger partial charge is 0.497 e. The van der Waals surface area contributed by atoms with Crippen molar-refractivity contribution in [3.8, 4) is 11.5 Å². The molecule has 39 heavy (non-hydrogen) atoms. The minimum atomic E-state index is -0.863. The summed E-state index contributed by atoms with van der Waals surface area (Å²) in [7, 11) is 1.65. The van der Waals surface area contributed by atoms with Gasteiger partial charge in [0.15, 0.2) is 6.10 Å². The zero-order valence-electron chi connectivity index (χ0n) is 20.8. The summed E-state index contributed by atoms with van der Waals surface area (Å²) in [5.41, 5.74) is 9.99. The third-order valence-electron chi connectivity index (χ3n) is 6.29. The minimum absolute atomic E-state index is 0.331. The molecule has 3 atom stereocenters. The number of carbonyl (C=O) groups excluding carboxylic acids is 1. The van der Waals surface area contributed by atoms with Gasteiger partial charge < -0.3 is 14.8 Å². The lowest BCUT2D eigenvalue weighted by atomic mass is 9.98. The maximum atomic E-state index is 12.3. The molecule has 0 aliphatic carbocycles. The van der Waals surface area contributed by atoms with Crippen LogP contribution in [0.4, 0.5) is 5.69 Å². The molecule has 4 aromatic carbocycles. The van der Waals surface area contributed by atoms with Gasteiger partial charge in [0.05, 0.1) is 19.0 Å². The predicted octanol–water partition coefficient (Wildman–Crippen LogP) is 4.59. The molecule has 1 heterocycles. The SMILES string of the molecule is COc1ccc2cc(C3C(Oc4ccc(C(=O)NC(N)NN)cc4)C=NN3c3cc(Cl)cc(Cl)c3)ccc2c1. The summed E-state index contributed by atoms with van der Waals surface area (Å²) in [5.74, 6) is 6.22. The second kappa shape index (κ2) is 11.5. The Bertz CT molecular complexity index is 1510. The molecule has 6 N–H and O–H groups in total. The smallest absolute Gasteiger partial charge is 0.253 e. The number of benzene rings is 4. The molecule has 0 saturated heterocycles. The van der Waals surface area contributed by atoms with Gasteiger partial charge in [-0.15, -0.1) is 0 Å². The Morgan fingerprint density at radius 2 is 1.62 bits per heavy atom. The predicted molar refractivity (Wildman–Crippen MR) is 154 cm³/mol. The van der Waals surface area contributed by atoms with Gasteiger partial charge in [-0.25, -0.2) is 5.43 Å².